The highest BCUT2D eigenvalue weighted by Gasteiger charge is 2.14. The number of anilines is 1. The summed E-state index contributed by atoms with van der Waals surface area (Å²) in [6.45, 7) is 4.47. The number of rotatable bonds is 6. The summed E-state index contributed by atoms with van der Waals surface area (Å²) in [5.74, 6) is 0.237. The van der Waals surface area contributed by atoms with E-state index in [1.807, 2.05) is 68.4 Å². The zero-order valence-electron chi connectivity index (χ0n) is 17.1. The summed E-state index contributed by atoms with van der Waals surface area (Å²) >= 11 is 6.89. The van der Waals surface area contributed by atoms with E-state index in [4.69, 9.17) is 4.74 Å². The Kier molecular flexibility index (Phi) is 7.67. The average Bonchev–Trinajstić information content (AvgIpc) is 2.75. The van der Waals surface area contributed by atoms with Crippen LogP contribution < -0.4 is 10.1 Å². The van der Waals surface area contributed by atoms with E-state index in [-0.39, 0.29) is 5.57 Å². The first-order chi connectivity index (χ1) is 14.9. The Hall–Kier alpha value is -2.88. The number of hydrogen-bond acceptors (Lipinski definition) is 3. The number of nitrogens with one attached hydrogen (secondary N) is 1. The molecule has 0 aliphatic rings. The lowest BCUT2D eigenvalue weighted by Gasteiger charge is -2.10. The Morgan fingerprint density at radius 3 is 2.19 bits per heavy atom. The van der Waals surface area contributed by atoms with E-state index < -0.39 is 5.91 Å². The first-order valence-electron chi connectivity index (χ1n) is 9.53. The van der Waals surface area contributed by atoms with E-state index >= 15 is 0 Å². The maximum atomic E-state index is 12.6. The van der Waals surface area contributed by atoms with Gasteiger partial charge in [0.05, 0.1) is 5.69 Å². The summed E-state index contributed by atoms with van der Waals surface area (Å²) in [4.78, 5) is 12.6. The third-order valence-electron chi connectivity index (χ3n) is 4.51. The molecule has 0 bridgehead atoms. The molecule has 0 aliphatic carbocycles. The number of benzene rings is 3. The summed E-state index contributed by atoms with van der Waals surface area (Å²) in [5.41, 5.74) is 4.66. The van der Waals surface area contributed by atoms with Gasteiger partial charge < -0.3 is 10.1 Å². The van der Waals surface area contributed by atoms with Crippen molar-refractivity contribution < 1.29 is 9.53 Å². The molecular weight excluding hydrogens is 520 g/mol. The molecule has 0 radical (unpaired) electrons. The highest BCUT2D eigenvalue weighted by Crippen LogP contribution is 2.32. The third kappa shape index (κ3) is 6.30. The van der Waals surface area contributed by atoms with Crippen molar-refractivity contribution >= 4 is 49.5 Å². The smallest absolute Gasteiger partial charge is 0.266 e. The molecule has 0 unspecified atom stereocenters. The van der Waals surface area contributed by atoms with Gasteiger partial charge in [0, 0.05) is 8.95 Å². The fraction of sp³-hybridized carbons (Fsp3) is 0.120. The Morgan fingerprint density at radius 1 is 1.00 bits per heavy atom. The highest BCUT2D eigenvalue weighted by molar-refractivity contribution is 9.11. The zero-order chi connectivity index (χ0) is 22.4. The molecule has 0 saturated carbocycles. The minimum atomic E-state index is -0.479. The number of ether oxygens (including phenoxy) is 1. The number of aryl methyl sites for hydroxylation is 2. The summed E-state index contributed by atoms with van der Waals surface area (Å²) in [7, 11) is 0. The van der Waals surface area contributed by atoms with Crippen LogP contribution in [0.2, 0.25) is 0 Å². The molecule has 3 rings (SSSR count). The van der Waals surface area contributed by atoms with Crippen LogP contribution in [-0.2, 0) is 11.4 Å². The number of nitrogens with zero attached hydrogens (tertiary/aromatic N) is 1. The molecule has 0 spiro atoms. The van der Waals surface area contributed by atoms with Crippen LogP contribution in [0, 0.1) is 25.2 Å². The maximum Gasteiger partial charge on any atom is 0.266 e. The Morgan fingerprint density at radius 2 is 1.61 bits per heavy atom. The normalized spacial score (nSPS) is 11.0. The van der Waals surface area contributed by atoms with Crippen LogP contribution in [0.15, 0.2) is 75.2 Å². The van der Waals surface area contributed by atoms with Gasteiger partial charge in [-0.25, -0.2) is 0 Å². The van der Waals surface area contributed by atoms with Crippen molar-refractivity contribution in [1.29, 1.82) is 5.26 Å². The quantitative estimate of drug-likeness (QED) is 0.272. The Labute approximate surface area is 198 Å². The molecule has 4 nitrogen and oxygen atoms in total. The second-order valence-electron chi connectivity index (χ2n) is 7.07. The molecule has 0 atom stereocenters. The number of amides is 1. The highest BCUT2D eigenvalue weighted by atomic mass is 79.9. The van der Waals surface area contributed by atoms with Crippen molar-refractivity contribution in [2.45, 2.75) is 20.5 Å². The molecular formula is C25H20Br2N2O2. The van der Waals surface area contributed by atoms with Gasteiger partial charge in [-0.05, 0) is 92.7 Å². The molecule has 0 aliphatic heterocycles. The van der Waals surface area contributed by atoms with Gasteiger partial charge in [-0.1, -0.05) is 42.0 Å². The first kappa shape index (κ1) is 22.8. The van der Waals surface area contributed by atoms with Crippen molar-refractivity contribution in [2.24, 2.45) is 0 Å². The van der Waals surface area contributed by atoms with Gasteiger partial charge in [-0.15, -0.1) is 0 Å². The van der Waals surface area contributed by atoms with Crippen molar-refractivity contribution in [3.05, 3.63) is 97.4 Å². The molecule has 156 valence electrons. The lowest BCUT2D eigenvalue weighted by molar-refractivity contribution is -0.112. The fourth-order valence-corrected chi connectivity index (χ4v) is 4.44. The van der Waals surface area contributed by atoms with E-state index in [1.165, 1.54) is 5.56 Å². The van der Waals surface area contributed by atoms with Gasteiger partial charge in [-0.3, -0.25) is 4.79 Å². The molecule has 3 aromatic rings. The van der Waals surface area contributed by atoms with Crippen LogP contribution in [0.1, 0.15) is 22.3 Å². The molecule has 0 fully saturated rings. The number of carbonyl (C=O) groups excluding carboxylic acids is 1. The molecule has 0 aromatic heterocycles. The van der Waals surface area contributed by atoms with Crippen molar-refractivity contribution in [2.75, 3.05) is 5.32 Å². The van der Waals surface area contributed by atoms with E-state index in [2.05, 4.69) is 49.3 Å². The van der Waals surface area contributed by atoms with Crippen LogP contribution in [-0.4, -0.2) is 5.91 Å². The Bertz CT molecular complexity index is 1140. The zero-order valence-corrected chi connectivity index (χ0v) is 20.2. The predicted octanol–water partition coefficient (Wildman–Crippen LogP) is 6.95. The van der Waals surface area contributed by atoms with Crippen LogP contribution >= 0.6 is 31.9 Å². The summed E-state index contributed by atoms with van der Waals surface area (Å²) in [6.07, 6.45) is 1.55. The largest absolute Gasteiger partial charge is 0.489 e. The third-order valence-corrected chi connectivity index (χ3v) is 5.76. The van der Waals surface area contributed by atoms with Crippen LogP contribution in [0.25, 0.3) is 6.08 Å². The average molecular weight is 540 g/mol. The van der Waals surface area contributed by atoms with Gasteiger partial charge >= 0.3 is 0 Å². The van der Waals surface area contributed by atoms with E-state index in [0.717, 1.165) is 25.6 Å². The van der Waals surface area contributed by atoms with Gasteiger partial charge in [0.15, 0.2) is 0 Å². The second kappa shape index (κ2) is 10.4. The lowest BCUT2D eigenvalue weighted by Crippen LogP contribution is -2.14. The van der Waals surface area contributed by atoms with E-state index in [1.54, 1.807) is 6.08 Å². The predicted molar refractivity (Wildman–Crippen MR) is 131 cm³/mol. The fourth-order valence-electron chi connectivity index (χ4n) is 2.83. The SMILES string of the molecule is Cc1ccc(COc2ccc(/C=C(\C#N)C(=O)Nc3c(Br)cc(C)cc3Br)cc2)cc1. The molecule has 0 heterocycles. The number of hydrogen-bond donors (Lipinski definition) is 1. The first-order valence-corrected chi connectivity index (χ1v) is 11.1. The minimum absolute atomic E-state index is 0.00713. The summed E-state index contributed by atoms with van der Waals surface area (Å²) in [5, 5.41) is 12.3. The molecule has 31 heavy (non-hydrogen) atoms. The maximum absolute atomic E-state index is 12.6. The van der Waals surface area contributed by atoms with Crippen molar-refractivity contribution in [1.82, 2.24) is 0 Å². The molecule has 1 N–H and O–H groups in total. The number of halogens is 2. The monoisotopic (exact) mass is 538 g/mol. The standard InChI is InChI=1S/C25H20Br2N2O2/c1-16-3-5-19(6-4-16)15-31-21-9-7-18(8-10-21)13-20(14-28)25(30)29-24-22(26)11-17(2)12-23(24)27/h3-13H,15H2,1-2H3,(H,29,30)/b20-13+. The molecule has 3 aromatic carbocycles. The van der Waals surface area contributed by atoms with Gasteiger partial charge in [0.2, 0.25) is 0 Å². The second-order valence-corrected chi connectivity index (χ2v) is 8.78. The lowest BCUT2D eigenvalue weighted by atomic mass is 10.1. The molecule has 0 saturated heterocycles. The van der Waals surface area contributed by atoms with E-state index in [9.17, 15) is 10.1 Å². The van der Waals surface area contributed by atoms with Gasteiger partial charge in [0.1, 0.15) is 24.0 Å². The minimum Gasteiger partial charge on any atom is -0.489 e. The number of carbonyl (C=O) groups is 1. The summed E-state index contributed by atoms with van der Waals surface area (Å²) in [6, 6.07) is 21.2. The van der Waals surface area contributed by atoms with E-state index in [0.29, 0.717) is 18.0 Å². The van der Waals surface area contributed by atoms with Crippen LogP contribution in [0.5, 0.6) is 5.75 Å². The summed E-state index contributed by atoms with van der Waals surface area (Å²) < 4.78 is 7.28. The molecule has 1 amide bonds. The van der Waals surface area contributed by atoms with Crippen LogP contribution in [0.4, 0.5) is 5.69 Å². The van der Waals surface area contributed by atoms with Crippen molar-refractivity contribution in [3.63, 3.8) is 0 Å². The van der Waals surface area contributed by atoms with Crippen LogP contribution in [0.3, 0.4) is 0 Å². The van der Waals surface area contributed by atoms with Crippen molar-refractivity contribution in [3.8, 4) is 11.8 Å². The topological polar surface area (TPSA) is 62.1 Å². The number of nitriles is 1. The van der Waals surface area contributed by atoms with Gasteiger partial charge in [0.25, 0.3) is 5.91 Å². The van der Waals surface area contributed by atoms with Gasteiger partial charge in [-0.2, -0.15) is 5.26 Å². The Balaban J connectivity index is 1.68. The molecule has 6 heteroatoms.